The Morgan fingerprint density at radius 2 is 1.86 bits per heavy atom. The predicted octanol–water partition coefficient (Wildman–Crippen LogP) is 4.16. The first-order valence-electron chi connectivity index (χ1n) is 7.42. The largest absolute Gasteiger partial charge is 0.380 e. The fraction of sp³-hybridized carbons (Fsp3) is 0.857. The van der Waals surface area contributed by atoms with Crippen molar-refractivity contribution in [3.05, 3.63) is 20.7 Å². The maximum Gasteiger partial charge on any atom is 0.295 e. The predicted molar refractivity (Wildman–Crippen MR) is 90.6 cm³/mol. The molecule has 0 aromatic carbocycles. The molecule has 5 atom stereocenters. The minimum atomic E-state index is -0.679. The van der Waals surface area contributed by atoms with Gasteiger partial charge in [-0.2, -0.15) is 0 Å². The van der Waals surface area contributed by atoms with Crippen LogP contribution in [0.1, 0.15) is 25.7 Å². The maximum absolute atomic E-state index is 10.8. The van der Waals surface area contributed by atoms with Crippen molar-refractivity contribution < 1.29 is 14.7 Å². The number of halogens is 3. The number of hydrogen-bond donors (Lipinski definition) is 0. The van der Waals surface area contributed by atoms with Crippen LogP contribution in [0.2, 0.25) is 0 Å². The summed E-state index contributed by atoms with van der Waals surface area (Å²) in [4.78, 5) is 15.8. The van der Waals surface area contributed by atoms with Gasteiger partial charge in [-0.25, -0.2) is 0 Å². The van der Waals surface area contributed by atoms with Gasteiger partial charge in [-0.05, 0) is 37.5 Å². The van der Waals surface area contributed by atoms with E-state index >= 15 is 0 Å². The summed E-state index contributed by atoms with van der Waals surface area (Å²) in [6, 6.07) is 0. The van der Waals surface area contributed by atoms with Crippen LogP contribution in [0.5, 0.6) is 0 Å². The second kappa shape index (κ2) is 4.92. The molecule has 0 amide bonds. The highest BCUT2D eigenvalue weighted by atomic mass is 79.9. The number of hydrogen-bond acceptors (Lipinski definition) is 4. The molecule has 8 heteroatoms. The molecule has 3 unspecified atom stereocenters. The van der Waals surface area contributed by atoms with Crippen LogP contribution in [0.25, 0.3) is 0 Å². The van der Waals surface area contributed by atoms with Crippen LogP contribution in [0.4, 0.5) is 0 Å². The third-order valence-electron chi connectivity index (χ3n) is 6.25. The third-order valence-corrected chi connectivity index (χ3v) is 9.44. The van der Waals surface area contributed by atoms with Gasteiger partial charge in [-0.1, -0.05) is 53.9 Å². The number of rotatable bonds is 2. The quantitative estimate of drug-likeness (QED) is 0.324. The fourth-order valence-electron chi connectivity index (χ4n) is 4.94. The van der Waals surface area contributed by atoms with Crippen molar-refractivity contribution >= 4 is 47.8 Å². The standard InChI is InChI=1S/C14H16Br3NO4/c15-10-1-2-12-3-8-9(14(8,16)17)4-13(12,7-21-6-12)5-11(10)22-18(19)20/h1,8-9,11H,2-7H2/t8?,9?,11?,12-,13-/m1/s1. The van der Waals surface area contributed by atoms with Gasteiger partial charge in [0.25, 0.3) is 5.09 Å². The molecule has 4 aliphatic rings. The first-order chi connectivity index (χ1) is 10.3. The Hall–Kier alpha value is 0.340. The molecule has 0 aromatic rings. The number of fused-ring (bicyclic) bond motifs is 1. The second-order valence-corrected chi connectivity index (χ2v) is 11.8. The van der Waals surface area contributed by atoms with E-state index in [4.69, 9.17) is 9.57 Å². The molecule has 4 rings (SSSR count). The van der Waals surface area contributed by atoms with Crippen LogP contribution in [-0.4, -0.2) is 27.6 Å². The van der Waals surface area contributed by atoms with Crippen molar-refractivity contribution in [3.8, 4) is 0 Å². The zero-order valence-electron chi connectivity index (χ0n) is 11.8. The number of ether oxygens (including phenoxy) is 1. The number of nitrogens with zero attached hydrogens (tertiary/aromatic N) is 1. The highest BCUT2D eigenvalue weighted by Gasteiger charge is 2.73. The maximum atomic E-state index is 10.8. The Kier molecular flexibility index (Phi) is 3.55. The molecule has 0 radical (unpaired) electrons. The Morgan fingerprint density at radius 1 is 1.23 bits per heavy atom. The monoisotopic (exact) mass is 499 g/mol. The van der Waals surface area contributed by atoms with E-state index in [1.54, 1.807) is 0 Å². The summed E-state index contributed by atoms with van der Waals surface area (Å²) in [7, 11) is 0. The lowest BCUT2D eigenvalue weighted by Crippen LogP contribution is -2.45. The minimum Gasteiger partial charge on any atom is -0.380 e. The Balaban J connectivity index is 1.70. The summed E-state index contributed by atoms with van der Waals surface area (Å²) in [6.07, 6.45) is 5.20. The van der Waals surface area contributed by atoms with Gasteiger partial charge in [0.2, 0.25) is 0 Å². The van der Waals surface area contributed by atoms with Crippen LogP contribution in [0, 0.1) is 32.8 Å². The molecule has 122 valence electrons. The Labute approximate surface area is 153 Å². The van der Waals surface area contributed by atoms with Gasteiger partial charge in [0.05, 0.1) is 16.4 Å². The normalized spacial score (nSPS) is 48.3. The van der Waals surface area contributed by atoms with Gasteiger partial charge in [0, 0.05) is 15.3 Å². The van der Waals surface area contributed by atoms with Crippen LogP contribution >= 0.6 is 47.8 Å². The van der Waals surface area contributed by atoms with Gasteiger partial charge in [0.1, 0.15) is 6.10 Å². The first kappa shape index (κ1) is 15.8. The molecule has 3 aliphatic carbocycles. The summed E-state index contributed by atoms with van der Waals surface area (Å²) < 4.78 is 6.75. The molecule has 2 saturated carbocycles. The van der Waals surface area contributed by atoms with Gasteiger partial charge < -0.3 is 9.57 Å². The first-order valence-corrected chi connectivity index (χ1v) is 9.80. The topological polar surface area (TPSA) is 61.6 Å². The van der Waals surface area contributed by atoms with Crippen molar-refractivity contribution in [2.45, 2.75) is 35.0 Å². The number of allylic oxidation sites excluding steroid dienone is 1. The molecule has 1 aliphatic heterocycles. The molecule has 1 saturated heterocycles. The summed E-state index contributed by atoms with van der Waals surface area (Å²) in [5, 5.41) is 10.2. The summed E-state index contributed by atoms with van der Waals surface area (Å²) in [5.41, 5.74) is 0.0370. The van der Waals surface area contributed by atoms with Crippen LogP contribution < -0.4 is 0 Å². The summed E-state index contributed by atoms with van der Waals surface area (Å²) in [5.74, 6) is 1.18. The lowest BCUT2D eigenvalue weighted by atomic mass is 9.55. The Bertz CT molecular complexity index is 568. The minimum absolute atomic E-state index is 0.0375. The van der Waals surface area contributed by atoms with Gasteiger partial charge in [0.15, 0.2) is 0 Å². The van der Waals surface area contributed by atoms with E-state index in [0.29, 0.717) is 24.9 Å². The summed E-state index contributed by atoms with van der Waals surface area (Å²) in [6.45, 7) is 1.42. The molecule has 0 N–H and O–H groups in total. The van der Waals surface area contributed by atoms with Crippen molar-refractivity contribution in [1.82, 2.24) is 0 Å². The number of alkyl halides is 2. The average Bonchev–Trinajstić information content (AvgIpc) is 2.81. The van der Waals surface area contributed by atoms with E-state index in [0.717, 1.165) is 30.4 Å². The lowest BCUT2D eigenvalue weighted by molar-refractivity contribution is -0.766. The summed E-state index contributed by atoms with van der Waals surface area (Å²) >= 11 is 11.1. The smallest absolute Gasteiger partial charge is 0.295 e. The highest BCUT2D eigenvalue weighted by Crippen LogP contribution is 2.77. The van der Waals surface area contributed by atoms with Gasteiger partial charge in [-0.3, -0.25) is 0 Å². The van der Waals surface area contributed by atoms with Crippen LogP contribution in [0.15, 0.2) is 10.6 Å². The van der Waals surface area contributed by atoms with Crippen LogP contribution in [-0.2, 0) is 9.57 Å². The third kappa shape index (κ3) is 2.09. The molecular weight excluding hydrogens is 486 g/mol. The Morgan fingerprint density at radius 3 is 2.55 bits per heavy atom. The average molecular weight is 502 g/mol. The zero-order chi connectivity index (χ0) is 15.8. The van der Waals surface area contributed by atoms with E-state index in [1.807, 2.05) is 0 Å². The van der Waals surface area contributed by atoms with E-state index < -0.39 is 11.2 Å². The molecule has 0 aromatic heterocycles. The van der Waals surface area contributed by atoms with Gasteiger partial charge in [-0.15, -0.1) is 10.1 Å². The molecule has 1 heterocycles. The van der Waals surface area contributed by atoms with Crippen molar-refractivity contribution in [3.63, 3.8) is 0 Å². The van der Waals surface area contributed by atoms with E-state index in [-0.39, 0.29) is 14.1 Å². The molecule has 0 bridgehead atoms. The van der Waals surface area contributed by atoms with Crippen molar-refractivity contribution in [1.29, 1.82) is 0 Å². The zero-order valence-corrected chi connectivity index (χ0v) is 16.5. The van der Waals surface area contributed by atoms with Crippen LogP contribution in [0.3, 0.4) is 0 Å². The van der Waals surface area contributed by atoms with E-state index in [1.165, 1.54) is 0 Å². The lowest BCUT2D eigenvalue weighted by Gasteiger charge is -2.47. The molecule has 0 spiro atoms. The second-order valence-electron chi connectivity index (χ2n) is 7.16. The molecule has 5 nitrogen and oxygen atoms in total. The van der Waals surface area contributed by atoms with Gasteiger partial charge >= 0.3 is 0 Å². The fourth-order valence-corrected chi connectivity index (χ4v) is 7.01. The molecule has 3 fully saturated rings. The molecular formula is C14H16Br3NO4. The van der Waals surface area contributed by atoms with Crippen molar-refractivity contribution in [2.75, 3.05) is 13.2 Å². The molecule has 22 heavy (non-hydrogen) atoms. The van der Waals surface area contributed by atoms with E-state index in [2.05, 4.69) is 53.9 Å². The van der Waals surface area contributed by atoms with Crippen molar-refractivity contribution in [2.24, 2.45) is 22.7 Å². The SMILES string of the molecule is O=[N+]([O-])OC1C[C@]23COC[C@@]2(CC=C1Br)CC1C(C3)C1(Br)Br. The van der Waals surface area contributed by atoms with E-state index in [9.17, 15) is 10.1 Å². The highest BCUT2D eigenvalue weighted by molar-refractivity contribution is 9.25.